The van der Waals surface area contributed by atoms with Crippen LogP contribution in [0.1, 0.15) is 18.7 Å². The normalized spacial score (nSPS) is 9.08. The van der Waals surface area contributed by atoms with Crippen molar-refractivity contribution in [1.29, 1.82) is 0 Å². The molecule has 0 aromatic heterocycles. The van der Waals surface area contributed by atoms with Crippen molar-refractivity contribution in [2.75, 3.05) is 0 Å². The third-order valence-electron chi connectivity index (χ3n) is 1.33. The van der Waals surface area contributed by atoms with Crippen LogP contribution in [0.25, 0.3) is 0 Å². The van der Waals surface area contributed by atoms with Crippen molar-refractivity contribution < 1.29 is 6.22 Å². The Hall–Kier alpha value is -1.22. The molecule has 0 unspecified atom stereocenters. The predicted molar refractivity (Wildman–Crippen MR) is 54.3 cm³/mol. The van der Waals surface area contributed by atoms with Gasteiger partial charge in [0.25, 0.3) is 5.91 Å². The molecule has 0 saturated heterocycles. The van der Waals surface area contributed by atoms with Crippen LogP contribution < -0.4 is 5.32 Å². The zero-order valence-corrected chi connectivity index (χ0v) is 7.52. The van der Waals surface area contributed by atoms with Crippen molar-refractivity contribution in [3.8, 4) is 0 Å². The highest BCUT2D eigenvalue weighted by Gasteiger charge is 2.02. The van der Waals surface area contributed by atoms with E-state index in [1.54, 1.807) is 19.1 Å². The first-order valence-electron chi connectivity index (χ1n) is 3.57. The first-order chi connectivity index (χ1) is 5.70. The summed E-state index contributed by atoms with van der Waals surface area (Å²) in [5.41, 5.74) is 0.627. The van der Waals surface area contributed by atoms with E-state index in [9.17, 15) is 4.79 Å². The second-order valence-electron chi connectivity index (χ2n) is 2.38. The van der Waals surface area contributed by atoms with Crippen molar-refractivity contribution in [1.82, 2.24) is 5.32 Å². The summed E-state index contributed by atoms with van der Waals surface area (Å²) in [5.74, 6) is -0.150. The fraction of sp³-hybridized carbons (Fsp3) is 0.111. The summed E-state index contributed by atoms with van der Waals surface area (Å²) >= 11 is 4.74. The zero-order chi connectivity index (χ0) is 8.97. The van der Waals surface area contributed by atoms with Crippen LogP contribution in [0, 0.1) is 0 Å². The maximum atomic E-state index is 11.3. The van der Waals surface area contributed by atoms with E-state index >= 15 is 0 Å². The maximum Gasteiger partial charge on any atom is 0.256 e. The number of amides is 1. The number of benzene rings is 1. The summed E-state index contributed by atoms with van der Waals surface area (Å²) in [6.45, 7) is 1.68. The first-order valence-corrected chi connectivity index (χ1v) is 3.98. The van der Waals surface area contributed by atoms with Gasteiger partial charge in [0.1, 0.15) is 0 Å². The highest BCUT2D eigenvalue weighted by molar-refractivity contribution is 7.80. The molecule has 0 atom stereocenters. The second kappa shape index (κ2) is 3.97. The van der Waals surface area contributed by atoms with Crippen molar-refractivity contribution in [2.45, 2.75) is 6.92 Å². The molecule has 0 bridgehead atoms. The van der Waals surface area contributed by atoms with Crippen LogP contribution in [0.5, 0.6) is 0 Å². The lowest BCUT2D eigenvalue weighted by Crippen LogP contribution is -2.26. The third kappa shape index (κ3) is 2.43. The van der Waals surface area contributed by atoms with Crippen LogP contribution in [-0.4, -0.2) is 10.9 Å². The molecular formula is C9H11NOS. The summed E-state index contributed by atoms with van der Waals surface area (Å²) in [4.78, 5) is 11.7. The Balaban J connectivity index is 0.00000144. The van der Waals surface area contributed by atoms with E-state index in [0.717, 1.165) is 0 Å². The van der Waals surface area contributed by atoms with Crippen LogP contribution in [0.4, 0.5) is 0 Å². The van der Waals surface area contributed by atoms with Crippen molar-refractivity contribution in [3.05, 3.63) is 35.9 Å². The molecular weight excluding hydrogens is 170 g/mol. The standard InChI is InChI=1S/C9H9NOS.H2/c1-7(12)10-9(11)8-5-3-2-4-6-8;/h2-6H,1H3,(H,10,11,12);1H. The average molecular weight is 181 g/mol. The Kier molecular flexibility index (Phi) is 2.94. The second-order valence-corrected chi connectivity index (χ2v) is 2.99. The lowest BCUT2D eigenvalue weighted by molar-refractivity contribution is 0.0977. The van der Waals surface area contributed by atoms with Gasteiger partial charge >= 0.3 is 0 Å². The Morgan fingerprint density at radius 1 is 1.42 bits per heavy atom. The molecule has 64 valence electrons. The van der Waals surface area contributed by atoms with E-state index in [2.05, 4.69) is 5.32 Å². The fourth-order valence-corrected chi connectivity index (χ4v) is 0.914. The first kappa shape index (κ1) is 8.87. The summed E-state index contributed by atoms with van der Waals surface area (Å²) in [5, 5.41) is 2.55. The predicted octanol–water partition coefficient (Wildman–Crippen LogP) is 2.01. The molecule has 1 aromatic rings. The van der Waals surface area contributed by atoms with Crippen LogP contribution in [0.2, 0.25) is 0 Å². The molecule has 0 aliphatic carbocycles. The van der Waals surface area contributed by atoms with E-state index in [-0.39, 0.29) is 7.33 Å². The number of rotatable bonds is 1. The van der Waals surface area contributed by atoms with E-state index in [1.165, 1.54) is 0 Å². The quantitative estimate of drug-likeness (QED) is 0.671. The molecule has 0 saturated carbocycles. The molecule has 0 aliphatic rings. The number of hydrogen-bond donors (Lipinski definition) is 1. The molecule has 0 spiro atoms. The van der Waals surface area contributed by atoms with Gasteiger partial charge in [-0.05, 0) is 19.1 Å². The number of carbonyl (C=O) groups is 1. The highest BCUT2D eigenvalue weighted by atomic mass is 32.1. The van der Waals surface area contributed by atoms with Gasteiger partial charge in [0, 0.05) is 6.99 Å². The summed E-state index contributed by atoms with van der Waals surface area (Å²) in [6.07, 6.45) is 0. The van der Waals surface area contributed by atoms with Crippen LogP contribution >= 0.6 is 12.2 Å². The molecule has 2 nitrogen and oxygen atoms in total. The molecule has 1 N–H and O–H groups in total. The smallest absolute Gasteiger partial charge is 0.256 e. The lowest BCUT2D eigenvalue weighted by atomic mass is 10.2. The minimum Gasteiger partial charge on any atom is -0.317 e. The van der Waals surface area contributed by atoms with Crippen LogP contribution in [0.3, 0.4) is 0 Å². The number of carbonyl (C=O) groups excluding carboxylic acids is 1. The van der Waals surface area contributed by atoms with Gasteiger partial charge in [0.15, 0.2) is 0 Å². The minimum absolute atomic E-state index is 0. The van der Waals surface area contributed by atoms with Gasteiger partial charge in [-0.3, -0.25) is 4.79 Å². The van der Waals surface area contributed by atoms with E-state index in [4.69, 9.17) is 12.2 Å². The number of nitrogens with one attached hydrogen (secondary N) is 1. The monoisotopic (exact) mass is 181 g/mol. The van der Waals surface area contributed by atoms with Gasteiger partial charge in [-0.15, -0.1) is 0 Å². The Morgan fingerprint density at radius 3 is 2.50 bits per heavy atom. The van der Waals surface area contributed by atoms with Gasteiger partial charge in [-0.1, -0.05) is 30.4 Å². The minimum atomic E-state index is -0.150. The Morgan fingerprint density at radius 2 is 2.00 bits per heavy atom. The van der Waals surface area contributed by atoms with Crippen molar-refractivity contribution in [3.63, 3.8) is 0 Å². The molecule has 0 fully saturated rings. The topological polar surface area (TPSA) is 29.1 Å². The number of hydrogen-bond acceptors (Lipinski definition) is 2. The average Bonchev–Trinajstić information content (AvgIpc) is 2.05. The molecule has 1 aromatic carbocycles. The summed E-state index contributed by atoms with van der Waals surface area (Å²) in [7, 11) is 0. The number of thiocarbonyl (C=S) groups is 1. The Bertz CT molecular complexity index is 300. The van der Waals surface area contributed by atoms with Gasteiger partial charge in [-0.25, -0.2) is 0 Å². The van der Waals surface area contributed by atoms with E-state index < -0.39 is 0 Å². The van der Waals surface area contributed by atoms with Crippen LogP contribution in [-0.2, 0) is 0 Å². The molecule has 12 heavy (non-hydrogen) atoms. The maximum absolute atomic E-state index is 11.3. The molecule has 0 heterocycles. The SMILES string of the molecule is CC(=S)NC(=O)c1ccccc1.[HH]. The van der Waals surface area contributed by atoms with Crippen LogP contribution in [0.15, 0.2) is 30.3 Å². The molecule has 3 heteroatoms. The summed E-state index contributed by atoms with van der Waals surface area (Å²) in [6, 6.07) is 8.98. The fourth-order valence-electron chi connectivity index (χ4n) is 0.822. The molecule has 1 amide bonds. The van der Waals surface area contributed by atoms with Crippen molar-refractivity contribution >= 4 is 23.1 Å². The molecule has 0 aliphatic heterocycles. The lowest BCUT2D eigenvalue weighted by Gasteiger charge is -2.00. The van der Waals surface area contributed by atoms with Gasteiger partial charge in [0.05, 0.1) is 4.99 Å². The zero-order valence-electron chi connectivity index (χ0n) is 6.70. The van der Waals surface area contributed by atoms with Crippen molar-refractivity contribution in [2.24, 2.45) is 0 Å². The largest absolute Gasteiger partial charge is 0.317 e. The van der Waals surface area contributed by atoms with Gasteiger partial charge in [0.2, 0.25) is 0 Å². The van der Waals surface area contributed by atoms with E-state index in [1.807, 2.05) is 18.2 Å². The van der Waals surface area contributed by atoms with Gasteiger partial charge < -0.3 is 5.32 Å². The summed E-state index contributed by atoms with van der Waals surface area (Å²) < 4.78 is 0. The third-order valence-corrected chi connectivity index (χ3v) is 1.43. The van der Waals surface area contributed by atoms with E-state index in [0.29, 0.717) is 10.6 Å². The van der Waals surface area contributed by atoms with Gasteiger partial charge in [-0.2, -0.15) is 0 Å². The molecule has 0 radical (unpaired) electrons. The Labute approximate surface area is 78.1 Å². The molecule has 1 rings (SSSR count). The highest BCUT2D eigenvalue weighted by Crippen LogP contribution is 1.97.